The Morgan fingerprint density at radius 1 is 0.967 bits per heavy atom. The van der Waals surface area contributed by atoms with Gasteiger partial charge in [-0.3, -0.25) is 4.79 Å². The van der Waals surface area contributed by atoms with Crippen LogP contribution < -0.4 is 0 Å². The van der Waals surface area contributed by atoms with Crippen LogP contribution in [0.5, 0.6) is 0 Å². The number of aromatic nitrogens is 3. The Labute approximate surface area is 175 Å². The molecule has 0 atom stereocenters. The Morgan fingerprint density at radius 3 is 2.50 bits per heavy atom. The van der Waals surface area contributed by atoms with Crippen molar-refractivity contribution < 1.29 is 4.79 Å². The number of fused-ring (bicyclic) bond motifs is 1. The lowest BCUT2D eigenvalue weighted by atomic mass is 10.0. The van der Waals surface area contributed by atoms with E-state index in [1.165, 1.54) is 0 Å². The average molecular weight is 394 g/mol. The summed E-state index contributed by atoms with van der Waals surface area (Å²) in [5.41, 5.74) is 4.30. The molecule has 5 rings (SSSR count). The molecule has 0 bridgehead atoms. The highest BCUT2D eigenvalue weighted by Gasteiger charge is 2.23. The van der Waals surface area contributed by atoms with Crippen molar-refractivity contribution in [3.8, 4) is 11.3 Å². The van der Waals surface area contributed by atoms with Crippen LogP contribution in [0.2, 0.25) is 0 Å². The van der Waals surface area contributed by atoms with Gasteiger partial charge in [-0.1, -0.05) is 48.5 Å². The molecule has 1 aliphatic rings. The molecule has 5 nitrogen and oxygen atoms in total. The van der Waals surface area contributed by atoms with Crippen LogP contribution in [0.15, 0.2) is 66.9 Å². The second-order valence-electron chi connectivity index (χ2n) is 7.55. The largest absolute Gasteiger partial charge is 0.338 e. The van der Waals surface area contributed by atoms with Crippen LogP contribution >= 0.6 is 0 Å². The third-order valence-corrected chi connectivity index (χ3v) is 5.49. The fourth-order valence-electron chi connectivity index (χ4n) is 3.69. The molecule has 148 valence electrons. The maximum atomic E-state index is 12.9. The van der Waals surface area contributed by atoms with Crippen LogP contribution in [-0.2, 0) is 7.05 Å². The molecule has 3 heterocycles. The Balaban J connectivity index is 1.50. The lowest BCUT2D eigenvalue weighted by Gasteiger charge is -2.31. The molecule has 5 heteroatoms. The van der Waals surface area contributed by atoms with Gasteiger partial charge in [0.05, 0.1) is 22.5 Å². The molecular formula is C25H22N4O. The number of carbonyl (C=O) groups is 1. The highest BCUT2D eigenvalue weighted by molar-refractivity contribution is 6.07. The molecule has 0 radical (unpaired) electrons. The molecule has 1 aliphatic heterocycles. The monoisotopic (exact) mass is 394 g/mol. The summed E-state index contributed by atoms with van der Waals surface area (Å²) < 4.78 is 1.99. The topological polar surface area (TPSA) is 51.0 Å². The molecule has 0 saturated carbocycles. The fourth-order valence-corrected chi connectivity index (χ4v) is 3.69. The van der Waals surface area contributed by atoms with Gasteiger partial charge in [0.25, 0.3) is 5.91 Å². The molecule has 0 spiro atoms. The predicted octanol–water partition coefficient (Wildman–Crippen LogP) is 4.65. The predicted molar refractivity (Wildman–Crippen MR) is 120 cm³/mol. The molecule has 4 aromatic rings. The van der Waals surface area contributed by atoms with Gasteiger partial charge in [-0.15, -0.1) is 0 Å². The van der Waals surface area contributed by atoms with Crippen LogP contribution in [0, 0.1) is 0 Å². The molecule has 0 N–H and O–H groups in total. The summed E-state index contributed by atoms with van der Waals surface area (Å²) in [6, 6.07) is 19.8. The van der Waals surface area contributed by atoms with E-state index >= 15 is 0 Å². The quantitative estimate of drug-likeness (QED) is 0.506. The number of hydrogen-bond acceptors (Lipinski definition) is 3. The lowest BCUT2D eigenvalue weighted by Crippen LogP contribution is -2.42. The van der Waals surface area contributed by atoms with Gasteiger partial charge in [-0.05, 0) is 30.7 Å². The number of imidazole rings is 1. The van der Waals surface area contributed by atoms with Crippen LogP contribution in [0.3, 0.4) is 0 Å². The number of pyridine rings is 1. The minimum Gasteiger partial charge on any atom is -0.338 e. The van der Waals surface area contributed by atoms with Crippen LogP contribution in [0.4, 0.5) is 0 Å². The summed E-state index contributed by atoms with van der Waals surface area (Å²) in [6.45, 7) is 1.66. The zero-order valence-electron chi connectivity index (χ0n) is 16.8. The van der Waals surface area contributed by atoms with E-state index in [1.807, 2.05) is 95.5 Å². The van der Waals surface area contributed by atoms with E-state index in [0.717, 1.165) is 53.2 Å². The van der Waals surface area contributed by atoms with E-state index in [2.05, 4.69) is 0 Å². The van der Waals surface area contributed by atoms with Gasteiger partial charge in [0.1, 0.15) is 5.82 Å². The highest BCUT2D eigenvalue weighted by atomic mass is 16.2. The van der Waals surface area contributed by atoms with Crippen molar-refractivity contribution in [1.29, 1.82) is 0 Å². The Morgan fingerprint density at radius 2 is 1.73 bits per heavy atom. The van der Waals surface area contributed by atoms with Gasteiger partial charge in [0.2, 0.25) is 0 Å². The summed E-state index contributed by atoms with van der Waals surface area (Å²) in [4.78, 5) is 24.3. The maximum Gasteiger partial charge on any atom is 0.254 e. The first-order valence-electron chi connectivity index (χ1n) is 10.1. The first-order chi connectivity index (χ1) is 14.7. The summed E-state index contributed by atoms with van der Waals surface area (Å²) >= 11 is 0. The number of nitrogens with zero attached hydrogens (tertiary/aromatic N) is 4. The molecule has 1 fully saturated rings. The number of aryl methyl sites for hydroxylation is 1. The van der Waals surface area contributed by atoms with Crippen molar-refractivity contribution in [1.82, 2.24) is 19.4 Å². The molecule has 30 heavy (non-hydrogen) atoms. The Bertz CT molecular complexity index is 1250. The van der Waals surface area contributed by atoms with Gasteiger partial charge < -0.3 is 9.47 Å². The number of carbonyl (C=O) groups excluding carboxylic acids is 1. The Hall–Kier alpha value is -3.73. The zero-order valence-corrected chi connectivity index (χ0v) is 16.8. The number of benzene rings is 2. The number of amides is 1. The first-order valence-corrected chi connectivity index (χ1v) is 10.1. The molecule has 0 unspecified atom stereocenters. The normalized spacial score (nSPS) is 13.7. The standard InChI is InChI=1S/C25H22N4O/c1-28-17-23(18-8-3-2-4-9-18)27-24(28)13-12-19-16-21(25(30)29-14-7-15-29)20-10-5-6-11-22(20)26-19/h2-6,8-13,16-17H,7,14-15H2,1H3/b13-12+. The summed E-state index contributed by atoms with van der Waals surface area (Å²) in [5.74, 6) is 0.914. The van der Waals surface area contributed by atoms with Crippen molar-refractivity contribution in [3.05, 3.63) is 83.9 Å². The van der Waals surface area contributed by atoms with Gasteiger partial charge in [-0.2, -0.15) is 0 Å². The number of hydrogen-bond donors (Lipinski definition) is 0. The maximum absolute atomic E-state index is 12.9. The third-order valence-electron chi connectivity index (χ3n) is 5.49. The van der Waals surface area contributed by atoms with Gasteiger partial charge in [-0.25, -0.2) is 9.97 Å². The third kappa shape index (κ3) is 3.39. The van der Waals surface area contributed by atoms with E-state index in [-0.39, 0.29) is 5.91 Å². The van der Waals surface area contributed by atoms with Crippen molar-refractivity contribution >= 4 is 29.0 Å². The van der Waals surface area contributed by atoms with Crippen LogP contribution in [0.25, 0.3) is 34.3 Å². The summed E-state index contributed by atoms with van der Waals surface area (Å²) in [5, 5.41) is 0.898. The lowest BCUT2D eigenvalue weighted by molar-refractivity contribution is 0.0654. The fraction of sp³-hybridized carbons (Fsp3) is 0.160. The molecule has 1 saturated heterocycles. The Kier molecular flexibility index (Phi) is 4.64. The van der Waals surface area contributed by atoms with E-state index in [4.69, 9.17) is 9.97 Å². The molecule has 2 aromatic carbocycles. The summed E-state index contributed by atoms with van der Waals surface area (Å²) in [6.07, 6.45) is 6.96. The smallest absolute Gasteiger partial charge is 0.254 e. The van der Waals surface area contributed by atoms with Crippen LogP contribution in [-0.4, -0.2) is 38.4 Å². The number of para-hydroxylation sites is 1. The van der Waals surface area contributed by atoms with E-state index in [9.17, 15) is 4.79 Å². The van der Waals surface area contributed by atoms with Crippen molar-refractivity contribution in [2.24, 2.45) is 7.05 Å². The minimum atomic E-state index is 0.0813. The first kappa shape index (κ1) is 18.3. The second-order valence-corrected chi connectivity index (χ2v) is 7.55. The number of likely N-dealkylation sites (tertiary alicyclic amines) is 1. The van der Waals surface area contributed by atoms with Crippen molar-refractivity contribution in [2.45, 2.75) is 6.42 Å². The van der Waals surface area contributed by atoms with Gasteiger partial charge >= 0.3 is 0 Å². The van der Waals surface area contributed by atoms with Gasteiger partial charge in [0.15, 0.2) is 0 Å². The average Bonchev–Trinajstić information content (AvgIpc) is 3.11. The zero-order chi connectivity index (χ0) is 20.5. The second kappa shape index (κ2) is 7.59. The van der Waals surface area contributed by atoms with E-state index < -0.39 is 0 Å². The van der Waals surface area contributed by atoms with E-state index in [0.29, 0.717) is 5.56 Å². The van der Waals surface area contributed by atoms with Gasteiger partial charge in [0, 0.05) is 37.3 Å². The minimum absolute atomic E-state index is 0.0813. The highest BCUT2D eigenvalue weighted by Crippen LogP contribution is 2.23. The van der Waals surface area contributed by atoms with Crippen molar-refractivity contribution in [3.63, 3.8) is 0 Å². The molecule has 0 aliphatic carbocycles. The number of rotatable bonds is 4. The van der Waals surface area contributed by atoms with Crippen LogP contribution in [0.1, 0.15) is 28.3 Å². The molecule has 2 aromatic heterocycles. The molecule has 1 amide bonds. The molecular weight excluding hydrogens is 372 g/mol. The summed E-state index contributed by atoms with van der Waals surface area (Å²) in [7, 11) is 1.98. The van der Waals surface area contributed by atoms with E-state index in [1.54, 1.807) is 0 Å². The SMILES string of the molecule is Cn1cc(-c2ccccc2)nc1/C=C/c1cc(C(=O)N2CCC2)c2ccccc2n1. The van der Waals surface area contributed by atoms with Crippen molar-refractivity contribution in [2.75, 3.05) is 13.1 Å².